The largest absolute Gasteiger partial charge is 0.343 e. The lowest BCUT2D eigenvalue weighted by molar-refractivity contribution is -0.117. The maximum Gasteiger partial charge on any atom is 0.244 e. The van der Waals surface area contributed by atoms with E-state index in [1.165, 1.54) is 6.08 Å². The molecule has 2 aromatic carbocycles. The van der Waals surface area contributed by atoms with Crippen LogP contribution < -0.4 is 5.32 Å². The molecule has 0 unspecified atom stereocenters. The predicted molar refractivity (Wildman–Crippen MR) is 88.1 cm³/mol. The van der Waals surface area contributed by atoms with Crippen LogP contribution in [0.2, 0.25) is 0 Å². The van der Waals surface area contributed by atoms with E-state index in [0.717, 1.165) is 22.4 Å². The monoisotopic (exact) mass is 291 g/mol. The van der Waals surface area contributed by atoms with Gasteiger partial charge in [-0.2, -0.15) is 0 Å². The summed E-state index contributed by atoms with van der Waals surface area (Å²) >= 11 is 0. The summed E-state index contributed by atoms with van der Waals surface area (Å²) in [5, 5.41) is 2.91. The van der Waals surface area contributed by atoms with Crippen molar-refractivity contribution in [2.24, 2.45) is 0 Å². The third kappa shape index (κ3) is 3.23. The Kier molecular flexibility index (Phi) is 4.01. The number of nitrogens with one attached hydrogen (secondary N) is 2. The van der Waals surface area contributed by atoms with E-state index in [-0.39, 0.29) is 11.9 Å². The van der Waals surface area contributed by atoms with Crippen molar-refractivity contribution < 1.29 is 4.79 Å². The van der Waals surface area contributed by atoms with Crippen molar-refractivity contribution in [3.8, 4) is 0 Å². The van der Waals surface area contributed by atoms with Gasteiger partial charge in [-0.1, -0.05) is 42.5 Å². The molecule has 0 radical (unpaired) electrons. The summed E-state index contributed by atoms with van der Waals surface area (Å²) < 4.78 is 0. The molecule has 4 nitrogen and oxygen atoms in total. The molecule has 1 atom stereocenters. The number of amides is 1. The van der Waals surface area contributed by atoms with Gasteiger partial charge in [-0.15, -0.1) is 0 Å². The fourth-order valence-electron chi connectivity index (χ4n) is 2.24. The van der Waals surface area contributed by atoms with Gasteiger partial charge < -0.3 is 10.3 Å². The molecule has 1 heterocycles. The molecule has 0 aliphatic rings. The zero-order valence-corrected chi connectivity index (χ0v) is 12.3. The van der Waals surface area contributed by atoms with Crippen molar-refractivity contribution in [1.82, 2.24) is 15.3 Å². The molecular weight excluding hydrogens is 274 g/mol. The van der Waals surface area contributed by atoms with Crippen molar-refractivity contribution in [2.45, 2.75) is 13.0 Å². The predicted octanol–water partition coefficient (Wildman–Crippen LogP) is 3.45. The van der Waals surface area contributed by atoms with E-state index in [0.29, 0.717) is 0 Å². The summed E-state index contributed by atoms with van der Waals surface area (Å²) in [6.07, 6.45) is 3.33. The number of hydrogen-bond acceptors (Lipinski definition) is 2. The summed E-state index contributed by atoms with van der Waals surface area (Å²) in [7, 11) is 0. The summed E-state index contributed by atoms with van der Waals surface area (Å²) in [5.74, 6) is 0.611. The number of hydrogen-bond donors (Lipinski definition) is 2. The maximum atomic E-state index is 12.0. The first-order valence-corrected chi connectivity index (χ1v) is 7.20. The smallest absolute Gasteiger partial charge is 0.244 e. The molecule has 0 aliphatic carbocycles. The Morgan fingerprint density at radius 2 is 1.86 bits per heavy atom. The number of para-hydroxylation sites is 2. The van der Waals surface area contributed by atoms with Crippen LogP contribution in [0.15, 0.2) is 60.7 Å². The maximum absolute atomic E-state index is 12.0. The highest BCUT2D eigenvalue weighted by atomic mass is 16.1. The minimum atomic E-state index is -0.180. The Morgan fingerprint density at radius 3 is 2.64 bits per heavy atom. The van der Waals surface area contributed by atoms with Crippen LogP contribution in [0.1, 0.15) is 24.4 Å². The van der Waals surface area contributed by atoms with Gasteiger partial charge in [-0.25, -0.2) is 4.98 Å². The number of fused-ring (bicyclic) bond motifs is 1. The van der Waals surface area contributed by atoms with E-state index in [4.69, 9.17) is 0 Å². The highest BCUT2D eigenvalue weighted by Crippen LogP contribution is 2.15. The molecular formula is C18H17N3O. The lowest BCUT2D eigenvalue weighted by Gasteiger charge is -2.09. The van der Waals surface area contributed by atoms with Crippen LogP contribution in [0.5, 0.6) is 0 Å². The number of carbonyl (C=O) groups is 1. The van der Waals surface area contributed by atoms with Crippen LogP contribution in [0.4, 0.5) is 0 Å². The normalized spacial score (nSPS) is 12.6. The Hall–Kier alpha value is -2.88. The van der Waals surface area contributed by atoms with E-state index in [1.807, 2.05) is 61.5 Å². The van der Waals surface area contributed by atoms with Gasteiger partial charge >= 0.3 is 0 Å². The highest BCUT2D eigenvalue weighted by molar-refractivity contribution is 5.92. The van der Waals surface area contributed by atoms with Gasteiger partial charge in [0.15, 0.2) is 0 Å². The molecule has 110 valence electrons. The van der Waals surface area contributed by atoms with Crippen LogP contribution in [0.25, 0.3) is 17.1 Å². The fourth-order valence-corrected chi connectivity index (χ4v) is 2.24. The Balaban J connectivity index is 1.67. The average molecular weight is 291 g/mol. The van der Waals surface area contributed by atoms with E-state index in [1.54, 1.807) is 6.08 Å². The van der Waals surface area contributed by atoms with Crippen molar-refractivity contribution >= 4 is 23.0 Å². The molecule has 2 N–H and O–H groups in total. The van der Waals surface area contributed by atoms with E-state index in [9.17, 15) is 4.79 Å². The van der Waals surface area contributed by atoms with E-state index < -0.39 is 0 Å². The molecule has 1 aromatic heterocycles. The van der Waals surface area contributed by atoms with Crippen LogP contribution >= 0.6 is 0 Å². The molecule has 0 aliphatic heterocycles. The SMILES string of the molecule is C[C@@H](NC(=O)/C=C/c1ccccc1)c1nc2ccccc2[nH]1. The molecule has 0 bridgehead atoms. The fraction of sp³-hybridized carbons (Fsp3) is 0.111. The standard InChI is InChI=1S/C18H17N3O/c1-13(18-20-15-9-5-6-10-16(15)21-18)19-17(22)12-11-14-7-3-2-4-8-14/h2-13H,1H3,(H,19,22)(H,20,21)/b12-11+/t13-/m1/s1. The minimum absolute atomic E-state index is 0.142. The summed E-state index contributed by atoms with van der Waals surface area (Å²) in [5.41, 5.74) is 2.87. The zero-order valence-electron chi connectivity index (χ0n) is 12.3. The van der Waals surface area contributed by atoms with Crippen LogP contribution in [0, 0.1) is 0 Å². The van der Waals surface area contributed by atoms with Crippen molar-refractivity contribution in [3.63, 3.8) is 0 Å². The molecule has 0 fully saturated rings. The first kappa shape index (κ1) is 14.1. The number of H-pyrrole nitrogens is 1. The Bertz CT molecular complexity index is 772. The summed E-state index contributed by atoms with van der Waals surface area (Å²) in [6, 6.07) is 17.4. The van der Waals surface area contributed by atoms with Gasteiger partial charge in [0.2, 0.25) is 5.91 Å². The quantitative estimate of drug-likeness (QED) is 0.723. The number of rotatable bonds is 4. The van der Waals surface area contributed by atoms with Crippen molar-refractivity contribution in [2.75, 3.05) is 0 Å². The molecule has 3 aromatic rings. The van der Waals surface area contributed by atoms with Crippen molar-refractivity contribution in [3.05, 3.63) is 72.1 Å². The first-order valence-electron chi connectivity index (χ1n) is 7.20. The number of carbonyl (C=O) groups excluding carboxylic acids is 1. The second-order valence-corrected chi connectivity index (χ2v) is 5.11. The highest BCUT2D eigenvalue weighted by Gasteiger charge is 2.11. The van der Waals surface area contributed by atoms with Gasteiger partial charge in [0.25, 0.3) is 0 Å². The number of aromatic nitrogens is 2. The second kappa shape index (κ2) is 6.26. The number of imidazole rings is 1. The lowest BCUT2D eigenvalue weighted by Crippen LogP contribution is -2.25. The molecule has 0 spiro atoms. The summed E-state index contributed by atoms with van der Waals surface area (Å²) in [6.45, 7) is 1.91. The van der Waals surface area contributed by atoms with Crippen LogP contribution in [0.3, 0.4) is 0 Å². The van der Waals surface area contributed by atoms with Crippen LogP contribution in [-0.2, 0) is 4.79 Å². The Labute approximate surface area is 128 Å². The van der Waals surface area contributed by atoms with Crippen molar-refractivity contribution in [1.29, 1.82) is 0 Å². The van der Waals surface area contributed by atoms with Gasteiger partial charge in [0.1, 0.15) is 5.82 Å². The Morgan fingerprint density at radius 1 is 1.14 bits per heavy atom. The molecule has 0 saturated carbocycles. The molecule has 0 saturated heterocycles. The minimum Gasteiger partial charge on any atom is -0.343 e. The van der Waals surface area contributed by atoms with Gasteiger partial charge in [0, 0.05) is 6.08 Å². The van der Waals surface area contributed by atoms with Gasteiger partial charge in [-0.3, -0.25) is 4.79 Å². The third-order valence-electron chi connectivity index (χ3n) is 3.40. The lowest BCUT2D eigenvalue weighted by atomic mass is 10.2. The van der Waals surface area contributed by atoms with E-state index >= 15 is 0 Å². The number of nitrogens with zero attached hydrogens (tertiary/aromatic N) is 1. The third-order valence-corrected chi connectivity index (χ3v) is 3.40. The molecule has 3 rings (SSSR count). The molecule has 4 heteroatoms. The van der Waals surface area contributed by atoms with Gasteiger partial charge in [0.05, 0.1) is 17.1 Å². The number of aromatic amines is 1. The van der Waals surface area contributed by atoms with Gasteiger partial charge in [-0.05, 0) is 30.7 Å². The number of benzene rings is 2. The van der Waals surface area contributed by atoms with E-state index in [2.05, 4.69) is 15.3 Å². The molecule has 1 amide bonds. The summed E-state index contributed by atoms with van der Waals surface area (Å²) in [4.78, 5) is 19.7. The van der Waals surface area contributed by atoms with Crippen LogP contribution in [-0.4, -0.2) is 15.9 Å². The second-order valence-electron chi connectivity index (χ2n) is 5.11. The first-order chi connectivity index (χ1) is 10.7. The molecule has 22 heavy (non-hydrogen) atoms. The topological polar surface area (TPSA) is 57.8 Å². The average Bonchev–Trinajstić information content (AvgIpc) is 2.98. The zero-order chi connectivity index (χ0) is 15.4.